The lowest BCUT2D eigenvalue weighted by Crippen LogP contribution is -2.23. The van der Waals surface area contributed by atoms with Gasteiger partial charge in [-0.15, -0.1) is 0 Å². The minimum Gasteiger partial charge on any atom is -0.326 e. The number of carbonyl (C=O) groups excluding carboxylic acids is 1. The molecule has 4 nitrogen and oxygen atoms in total. The summed E-state index contributed by atoms with van der Waals surface area (Å²) in [5, 5.41) is 2.81. The van der Waals surface area contributed by atoms with Gasteiger partial charge in [0.1, 0.15) is 0 Å². The van der Waals surface area contributed by atoms with Gasteiger partial charge in [0, 0.05) is 5.69 Å². The Bertz CT molecular complexity index is 578. The molecule has 5 heteroatoms. The lowest BCUT2D eigenvalue weighted by atomic mass is 10.0. The van der Waals surface area contributed by atoms with E-state index >= 15 is 0 Å². The summed E-state index contributed by atoms with van der Waals surface area (Å²) in [5.74, 6) is -0.113. The molecular formula is C14H19NO3S. The molecule has 0 unspecified atom stereocenters. The zero-order valence-electron chi connectivity index (χ0n) is 11.2. The first-order chi connectivity index (χ1) is 8.87. The second kappa shape index (κ2) is 5.33. The van der Waals surface area contributed by atoms with Gasteiger partial charge in [0.15, 0.2) is 9.84 Å². The summed E-state index contributed by atoms with van der Waals surface area (Å²) >= 11 is 0. The zero-order chi connectivity index (χ0) is 14.0. The maximum atomic E-state index is 12.0. The highest BCUT2D eigenvalue weighted by Gasteiger charge is 2.32. The molecule has 0 spiro atoms. The quantitative estimate of drug-likeness (QED) is 0.923. The van der Waals surface area contributed by atoms with Gasteiger partial charge in [-0.1, -0.05) is 26.0 Å². The molecule has 2 rings (SSSR count). The van der Waals surface area contributed by atoms with Crippen molar-refractivity contribution in [2.45, 2.75) is 26.2 Å². The first-order valence-electron chi connectivity index (χ1n) is 6.48. The number of sulfone groups is 1. The summed E-state index contributed by atoms with van der Waals surface area (Å²) in [4.78, 5) is 12.0. The van der Waals surface area contributed by atoms with Crippen LogP contribution < -0.4 is 5.32 Å². The number of hydrogen-bond acceptors (Lipinski definition) is 3. The van der Waals surface area contributed by atoms with E-state index in [1.807, 2.05) is 24.3 Å². The van der Waals surface area contributed by atoms with Crippen LogP contribution in [-0.4, -0.2) is 25.8 Å². The second-order valence-corrected chi connectivity index (χ2v) is 7.60. The summed E-state index contributed by atoms with van der Waals surface area (Å²) < 4.78 is 22.7. The van der Waals surface area contributed by atoms with Crippen molar-refractivity contribution in [3.05, 3.63) is 29.8 Å². The fourth-order valence-corrected chi connectivity index (χ4v) is 3.96. The van der Waals surface area contributed by atoms with Crippen LogP contribution >= 0.6 is 0 Å². The maximum Gasteiger partial charge on any atom is 0.228 e. The smallest absolute Gasteiger partial charge is 0.228 e. The largest absolute Gasteiger partial charge is 0.326 e. The highest BCUT2D eigenvalue weighted by atomic mass is 32.2. The van der Waals surface area contributed by atoms with Crippen molar-refractivity contribution in [3.8, 4) is 0 Å². The van der Waals surface area contributed by atoms with Gasteiger partial charge < -0.3 is 5.32 Å². The molecule has 1 N–H and O–H groups in total. The average molecular weight is 281 g/mol. The molecule has 1 aromatic carbocycles. The summed E-state index contributed by atoms with van der Waals surface area (Å²) in [5.41, 5.74) is 1.89. The van der Waals surface area contributed by atoms with E-state index in [2.05, 4.69) is 19.2 Å². The Balaban J connectivity index is 2.05. The van der Waals surface area contributed by atoms with Crippen molar-refractivity contribution in [2.75, 3.05) is 16.8 Å². The van der Waals surface area contributed by atoms with Crippen LogP contribution in [0.5, 0.6) is 0 Å². The predicted octanol–water partition coefficient (Wildman–Crippen LogP) is 2.18. The maximum absolute atomic E-state index is 12.0. The van der Waals surface area contributed by atoms with E-state index in [-0.39, 0.29) is 17.4 Å². The molecule has 0 aliphatic carbocycles. The highest BCUT2D eigenvalue weighted by Crippen LogP contribution is 2.22. The molecule has 1 aromatic rings. The molecule has 1 aliphatic heterocycles. The molecule has 1 aliphatic rings. The van der Waals surface area contributed by atoms with Gasteiger partial charge in [-0.05, 0) is 30.0 Å². The van der Waals surface area contributed by atoms with Gasteiger partial charge in [0.2, 0.25) is 5.91 Å². The van der Waals surface area contributed by atoms with Crippen LogP contribution in [0.3, 0.4) is 0 Å². The van der Waals surface area contributed by atoms with Crippen molar-refractivity contribution < 1.29 is 13.2 Å². The van der Waals surface area contributed by atoms with Gasteiger partial charge in [-0.3, -0.25) is 4.79 Å². The lowest BCUT2D eigenvalue weighted by molar-refractivity contribution is -0.119. The minimum absolute atomic E-state index is 0.0251. The summed E-state index contributed by atoms with van der Waals surface area (Å²) in [6.07, 6.45) is 0.429. The van der Waals surface area contributed by atoms with E-state index in [1.54, 1.807) is 0 Å². The minimum atomic E-state index is -3.02. The molecule has 19 heavy (non-hydrogen) atoms. The Morgan fingerprint density at radius 1 is 1.37 bits per heavy atom. The first-order valence-corrected chi connectivity index (χ1v) is 8.31. The Hall–Kier alpha value is -1.36. The third-order valence-electron chi connectivity index (χ3n) is 3.42. The van der Waals surface area contributed by atoms with E-state index in [0.717, 1.165) is 11.3 Å². The van der Waals surface area contributed by atoms with Crippen molar-refractivity contribution in [1.29, 1.82) is 0 Å². The zero-order valence-corrected chi connectivity index (χ0v) is 12.0. The van der Waals surface area contributed by atoms with E-state index in [9.17, 15) is 13.2 Å². The summed E-state index contributed by atoms with van der Waals surface area (Å²) in [7, 11) is -3.02. The van der Waals surface area contributed by atoms with Gasteiger partial charge in [-0.2, -0.15) is 0 Å². The number of anilines is 1. The number of benzene rings is 1. The topological polar surface area (TPSA) is 63.2 Å². The first kappa shape index (κ1) is 14.1. The SMILES string of the molecule is CC(C)c1cccc(NC(=O)[C@H]2CCS(=O)(=O)C2)c1. The van der Waals surface area contributed by atoms with Crippen LogP contribution in [0.1, 0.15) is 31.7 Å². The molecule has 104 valence electrons. The van der Waals surface area contributed by atoms with Crippen LogP contribution in [0, 0.1) is 5.92 Å². The van der Waals surface area contributed by atoms with Crippen LogP contribution in [0.15, 0.2) is 24.3 Å². The standard InChI is InChI=1S/C14H19NO3S/c1-10(2)11-4-3-5-13(8-11)15-14(16)12-6-7-19(17,18)9-12/h3-5,8,10,12H,6-7,9H2,1-2H3,(H,15,16)/t12-/m0/s1. The normalized spacial score (nSPS) is 21.5. The number of amides is 1. The molecule has 1 fully saturated rings. The van der Waals surface area contributed by atoms with Gasteiger partial charge in [0.25, 0.3) is 0 Å². The monoisotopic (exact) mass is 281 g/mol. The molecule has 1 heterocycles. The second-order valence-electron chi connectivity index (χ2n) is 5.37. The molecule has 0 bridgehead atoms. The molecule has 1 atom stereocenters. The van der Waals surface area contributed by atoms with E-state index in [4.69, 9.17) is 0 Å². The van der Waals surface area contributed by atoms with Crippen molar-refractivity contribution in [1.82, 2.24) is 0 Å². The van der Waals surface area contributed by atoms with Crippen LogP contribution in [-0.2, 0) is 14.6 Å². The van der Waals surface area contributed by atoms with Gasteiger partial charge in [-0.25, -0.2) is 8.42 Å². The van der Waals surface area contributed by atoms with E-state index in [0.29, 0.717) is 12.3 Å². The predicted molar refractivity (Wildman–Crippen MR) is 75.9 cm³/mol. The van der Waals surface area contributed by atoms with Gasteiger partial charge in [0.05, 0.1) is 17.4 Å². The highest BCUT2D eigenvalue weighted by molar-refractivity contribution is 7.91. The molecular weight excluding hydrogens is 262 g/mol. The third-order valence-corrected chi connectivity index (χ3v) is 5.19. The van der Waals surface area contributed by atoms with E-state index < -0.39 is 15.8 Å². The van der Waals surface area contributed by atoms with Crippen molar-refractivity contribution in [3.63, 3.8) is 0 Å². The number of rotatable bonds is 3. The van der Waals surface area contributed by atoms with Crippen LogP contribution in [0.4, 0.5) is 5.69 Å². The number of hydrogen-bond donors (Lipinski definition) is 1. The van der Waals surface area contributed by atoms with Crippen molar-refractivity contribution >= 4 is 21.4 Å². The number of carbonyl (C=O) groups is 1. The Morgan fingerprint density at radius 2 is 2.11 bits per heavy atom. The average Bonchev–Trinajstić information content (AvgIpc) is 2.70. The fourth-order valence-electron chi connectivity index (χ4n) is 2.22. The molecule has 1 amide bonds. The molecule has 0 radical (unpaired) electrons. The Morgan fingerprint density at radius 3 is 2.68 bits per heavy atom. The fraction of sp³-hybridized carbons (Fsp3) is 0.500. The Kier molecular flexibility index (Phi) is 3.94. The van der Waals surface area contributed by atoms with E-state index in [1.165, 1.54) is 0 Å². The third kappa shape index (κ3) is 3.56. The Labute approximate surface area is 114 Å². The molecule has 0 saturated carbocycles. The summed E-state index contributed by atoms with van der Waals surface area (Å²) in [6.45, 7) is 4.18. The van der Waals surface area contributed by atoms with Crippen molar-refractivity contribution in [2.24, 2.45) is 5.92 Å². The van der Waals surface area contributed by atoms with Crippen LogP contribution in [0.25, 0.3) is 0 Å². The van der Waals surface area contributed by atoms with Gasteiger partial charge >= 0.3 is 0 Å². The summed E-state index contributed by atoms with van der Waals surface area (Å²) in [6, 6.07) is 7.68. The molecule has 0 aromatic heterocycles. The number of nitrogens with one attached hydrogen (secondary N) is 1. The molecule has 1 saturated heterocycles. The van der Waals surface area contributed by atoms with Crippen LogP contribution in [0.2, 0.25) is 0 Å². The lowest BCUT2D eigenvalue weighted by Gasteiger charge is -2.12.